The number of nitrogens with two attached hydrogens (primary N) is 1. The molecule has 1 heterocycles. The van der Waals surface area contributed by atoms with E-state index in [4.69, 9.17) is 10.7 Å². The minimum Gasteiger partial charge on any atom is -0.359 e. The molecule has 0 aliphatic heterocycles. The molecule has 2 N–H and O–H groups in total. The first-order valence-electron chi connectivity index (χ1n) is 7.82. The fourth-order valence-electron chi connectivity index (χ4n) is 2.53. The zero-order valence-corrected chi connectivity index (χ0v) is 13.6. The molecule has 3 heteroatoms. The predicted molar refractivity (Wildman–Crippen MR) is 91.8 cm³/mol. The summed E-state index contributed by atoms with van der Waals surface area (Å²) in [5.41, 5.74) is 8.31. The standard InChI is InChI=1S/C18H27N3/c1-13(2)9-10-21(4)18-16(11-14(3)19)12-15-7-5-6-8-17(15)20-18/h5-8,12-14H,9-11,19H2,1-4H3. The Morgan fingerprint density at radius 1 is 1.19 bits per heavy atom. The summed E-state index contributed by atoms with van der Waals surface area (Å²) in [6.45, 7) is 7.58. The monoisotopic (exact) mass is 285 g/mol. The number of pyridine rings is 1. The largest absolute Gasteiger partial charge is 0.359 e. The van der Waals surface area contributed by atoms with E-state index in [1.54, 1.807) is 0 Å². The molecule has 0 saturated heterocycles. The molecular formula is C18H27N3. The van der Waals surface area contributed by atoms with Crippen molar-refractivity contribution < 1.29 is 0 Å². The predicted octanol–water partition coefficient (Wildman–Crippen LogP) is 3.61. The van der Waals surface area contributed by atoms with Crippen LogP contribution in [0, 0.1) is 5.92 Å². The summed E-state index contributed by atoms with van der Waals surface area (Å²) in [5, 5.41) is 1.19. The Bertz CT molecular complexity index is 590. The molecule has 0 saturated carbocycles. The number of rotatable bonds is 6. The average molecular weight is 285 g/mol. The molecular weight excluding hydrogens is 258 g/mol. The molecule has 1 atom stereocenters. The molecule has 0 radical (unpaired) electrons. The van der Waals surface area contributed by atoms with Crippen molar-refractivity contribution in [3.8, 4) is 0 Å². The van der Waals surface area contributed by atoms with Gasteiger partial charge in [0.25, 0.3) is 0 Å². The number of benzene rings is 1. The molecule has 2 aromatic rings. The van der Waals surface area contributed by atoms with Gasteiger partial charge in [-0.25, -0.2) is 4.98 Å². The second-order valence-corrected chi connectivity index (χ2v) is 6.45. The minimum atomic E-state index is 0.144. The van der Waals surface area contributed by atoms with Gasteiger partial charge in [-0.15, -0.1) is 0 Å². The fourth-order valence-corrected chi connectivity index (χ4v) is 2.53. The van der Waals surface area contributed by atoms with Crippen LogP contribution in [0.2, 0.25) is 0 Å². The zero-order valence-electron chi connectivity index (χ0n) is 13.6. The van der Waals surface area contributed by atoms with Crippen LogP contribution in [-0.2, 0) is 6.42 Å². The van der Waals surface area contributed by atoms with Crippen LogP contribution in [0.15, 0.2) is 30.3 Å². The van der Waals surface area contributed by atoms with Crippen molar-refractivity contribution in [2.45, 2.75) is 39.7 Å². The van der Waals surface area contributed by atoms with Crippen LogP contribution < -0.4 is 10.6 Å². The number of para-hydroxylation sites is 1. The Labute approximate surface area is 128 Å². The van der Waals surface area contributed by atoms with Crippen LogP contribution in [0.4, 0.5) is 5.82 Å². The van der Waals surface area contributed by atoms with E-state index in [0.29, 0.717) is 5.92 Å². The number of anilines is 1. The van der Waals surface area contributed by atoms with E-state index in [9.17, 15) is 0 Å². The van der Waals surface area contributed by atoms with Gasteiger partial charge in [-0.3, -0.25) is 0 Å². The Morgan fingerprint density at radius 3 is 2.57 bits per heavy atom. The molecule has 2 rings (SSSR count). The lowest BCUT2D eigenvalue weighted by atomic mass is 10.0. The van der Waals surface area contributed by atoms with E-state index in [1.165, 1.54) is 17.4 Å². The highest BCUT2D eigenvalue weighted by molar-refractivity contribution is 5.81. The minimum absolute atomic E-state index is 0.144. The van der Waals surface area contributed by atoms with E-state index >= 15 is 0 Å². The smallest absolute Gasteiger partial charge is 0.132 e. The normalized spacial score (nSPS) is 12.9. The first kappa shape index (κ1) is 15.8. The maximum Gasteiger partial charge on any atom is 0.132 e. The second-order valence-electron chi connectivity index (χ2n) is 6.45. The lowest BCUT2D eigenvalue weighted by Crippen LogP contribution is -2.25. The molecule has 0 aliphatic rings. The summed E-state index contributed by atoms with van der Waals surface area (Å²) in [6, 6.07) is 10.7. The average Bonchev–Trinajstić information content (AvgIpc) is 2.43. The van der Waals surface area contributed by atoms with Crippen molar-refractivity contribution in [1.82, 2.24) is 4.98 Å². The number of nitrogens with zero attached hydrogens (tertiary/aromatic N) is 2. The van der Waals surface area contributed by atoms with Crippen LogP contribution in [0.5, 0.6) is 0 Å². The fraction of sp³-hybridized carbons (Fsp3) is 0.500. The van der Waals surface area contributed by atoms with E-state index in [0.717, 1.165) is 24.3 Å². The summed E-state index contributed by atoms with van der Waals surface area (Å²) in [5.74, 6) is 1.77. The Balaban J connectivity index is 2.37. The van der Waals surface area contributed by atoms with Gasteiger partial charge in [-0.2, -0.15) is 0 Å². The van der Waals surface area contributed by atoms with Crippen LogP contribution in [0.1, 0.15) is 32.8 Å². The number of hydrogen-bond donors (Lipinski definition) is 1. The van der Waals surface area contributed by atoms with E-state index in [-0.39, 0.29) is 6.04 Å². The number of aromatic nitrogens is 1. The highest BCUT2D eigenvalue weighted by Gasteiger charge is 2.13. The molecule has 0 fully saturated rings. The topological polar surface area (TPSA) is 42.2 Å². The maximum atomic E-state index is 6.01. The van der Waals surface area contributed by atoms with Crippen LogP contribution in [0.25, 0.3) is 10.9 Å². The number of hydrogen-bond acceptors (Lipinski definition) is 3. The van der Waals surface area contributed by atoms with Gasteiger partial charge in [0.05, 0.1) is 5.52 Å². The van der Waals surface area contributed by atoms with Gasteiger partial charge in [0, 0.05) is 25.0 Å². The van der Waals surface area contributed by atoms with Crippen LogP contribution in [0.3, 0.4) is 0 Å². The zero-order chi connectivity index (χ0) is 15.4. The SMILES string of the molecule is CC(C)CCN(C)c1nc2ccccc2cc1CC(C)N. The Morgan fingerprint density at radius 2 is 1.90 bits per heavy atom. The van der Waals surface area contributed by atoms with Crippen molar-refractivity contribution in [2.75, 3.05) is 18.5 Å². The first-order valence-corrected chi connectivity index (χ1v) is 7.82. The third kappa shape index (κ3) is 4.18. The van der Waals surface area contributed by atoms with Crippen LogP contribution in [-0.4, -0.2) is 24.6 Å². The summed E-state index contributed by atoms with van der Waals surface area (Å²) in [7, 11) is 2.13. The van der Waals surface area contributed by atoms with Gasteiger partial charge in [0.2, 0.25) is 0 Å². The molecule has 1 unspecified atom stereocenters. The van der Waals surface area contributed by atoms with Crippen molar-refractivity contribution >= 4 is 16.7 Å². The van der Waals surface area contributed by atoms with Crippen molar-refractivity contribution in [2.24, 2.45) is 11.7 Å². The maximum absolute atomic E-state index is 6.01. The molecule has 1 aromatic carbocycles. The molecule has 1 aromatic heterocycles. The van der Waals surface area contributed by atoms with Gasteiger partial charge >= 0.3 is 0 Å². The van der Waals surface area contributed by atoms with Gasteiger partial charge in [-0.1, -0.05) is 32.0 Å². The van der Waals surface area contributed by atoms with Gasteiger partial charge in [0.1, 0.15) is 5.82 Å². The van der Waals surface area contributed by atoms with Gasteiger partial charge < -0.3 is 10.6 Å². The van der Waals surface area contributed by atoms with E-state index in [2.05, 4.69) is 50.1 Å². The van der Waals surface area contributed by atoms with E-state index in [1.807, 2.05) is 13.0 Å². The molecule has 0 spiro atoms. The Hall–Kier alpha value is -1.61. The van der Waals surface area contributed by atoms with Crippen molar-refractivity contribution in [3.63, 3.8) is 0 Å². The summed E-state index contributed by atoms with van der Waals surface area (Å²) in [6.07, 6.45) is 2.03. The highest BCUT2D eigenvalue weighted by Crippen LogP contribution is 2.24. The lowest BCUT2D eigenvalue weighted by Gasteiger charge is -2.23. The van der Waals surface area contributed by atoms with Crippen molar-refractivity contribution in [3.05, 3.63) is 35.9 Å². The third-order valence-electron chi connectivity index (χ3n) is 3.73. The molecule has 0 aliphatic carbocycles. The molecule has 0 bridgehead atoms. The van der Waals surface area contributed by atoms with Crippen molar-refractivity contribution in [1.29, 1.82) is 0 Å². The highest BCUT2D eigenvalue weighted by atomic mass is 15.2. The molecule has 3 nitrogen and oxygen atoms in total. The van der Waals surface area contributed by atoms with Gasteiger partial charge in [0.15, 0.2) is 0 Å². The van der Waals surface area contributed by atoms with E-state index < -0.39 is 0 Å². The molecule has 114 valence electrons. The number of fused-ring (bicyclic) bond motifs is 1. The summed E-state index contributed by atoms with van der Waals surface area (Å²) in [4.78, 5) is 7.14. The first-order chi connectivity index (χ1) is 9.97. The molecule has 21 heavy (non-hydrogen) atoms. The van der Waals surface area contributed by atoms with Crippen LogP contribution >= 0.6 is 0 Å². The Kier molecular flexibility index (Phi) is 5.18. The quantitative estimate of drug-likeness (QED) is 0.881. The lowest BCUT2D eigenvalue weighted by molar-refractivity contribution is 0.582. The summed E-state index contributed by atoms with van der Waals surface area (Å²) < 4.78 is 0. The van der Waals surface area contributed by atoms with Gasteiger partial charge in [-0.05, 0) is 43.4 Å². The second kappa shape index (κ2) is 6.90. The third-order valence-corrected chi connectivity index (χ3v) is 3.73. The summed E-state index contributed by atoms with van der Waals surface area (Å²) >= 11 is 0. The molecule has 0 amide bonds.